The lowest BCUT2D eigenvalue weighted by Gasteiger charge is -2.21. The standard InChI is InChI=1S/C16H17N3O/c17-13-5-3-6-14-11(13)8-18-16(19-14)12-9-20-15-7-2-1-4-10(12)15/h1-2,4,7-8,12-13H,3,5-6,9,17H2. The molecule has 4 nitrogen and oxygen atoms in total. The Kier molecular flexibility index (Phi) is 2.70. The van der Waals surface area contributed by atoms with E-state index in [0.29, 0.717) is 6.61 Å². The van der Waals surface area contributed by atoms with Crippen molar-refractivity contribution in [3.63, 3.8) is 0 Å². The van der Waals surface area contributed by atoms with Gasteiger partial charge in [0, 0.05) is 29.1 Å². The quantitative estimate of drug-likeness (QED) is 0.861. The van der Waals surface area contributed by atoms with Crippen molar-refractivity contribution in [2.45, 2.75) is 31.2 Å². The minimum Gasteiger partial charge on any atom is -0.492 e. The average Bonchev–Trinajstić information content (AvgIpc) is 2.91. The first-order valence-corrected chi connectivity index (χ1v) is 7.16. The number of benzene rings is 1. The molecule has 0 saturated heterocycles. The van der Waals surface area contributed by atoms with E-state index in [2.05, 4.69) is 11.1 Å². The maximum atomic E-state index is 6.12. The summed E-state index contributed by atoms with van der Waals surface area (Å²) in [6.45, 7) is 0.629. The Labute approximate surface area is 118 Å². The van der Waals surface area contributed by atoms with Gasteiger partial charge in [-0.3, -0.25) is 0 Å². The van der Waals surface area contributed by atoms with Gasteiger partial charge in [0.15, 0.2) is 0 Å². The lowest BCUT2D eigenvalue weighted by molar-refractivity contribution is 0.339. The second kappa shape index (κ2) is 4.56. The summed E-state index contributed by atoms with van der Waals surface area (Å²) in [6, 6.07) is 8.23. The van der Waals surface area contributed by atoms with Crippen molar-refractivity contribution in [1.29, 1.82) is 0 Å². The second-order valence-electron chi connectivity index (χ2n) is 5.53. The zero-order valence-electron chi connectivity index (χ0n) is 11.2. The molecule has 20 heavy (non-hydrogen) atoms. The van der Waals surface area contributed by atoms with Crippen LogP contribution in [0.3, 0.4) is 0 Å². The Morgan fingerprint density at radius 2 is 2.10 bits per heavy atom. The molecule has 4 heteroatoms. The van der Waals surface area contributed by atoms with E-state index in [1.807, 2.05) is 24.4 Å². The zero-order chi connectivity index (χ0) is 13.5. The molecule has 0 bridgehead atoms. The van der Waals surface area contributed by atoms with Crippen LogP contribution in [0.25, 0.3) is 0 Å². The van der Waals surface area contributed by atoms with Gasteiger partial charge in [-0.15, -0.1) is 0 Å². The van der Waals surface area contributed by atoms with Crippen LogP contribution in [0.2, 0.25) is 0 Å². The highest BCUT2D eigenvalue weighted by atomic mass is 16.5. The summed E-state index contributed by atoms with van der Waals surface area (Å²) in [5, 5.41) is 0. The van der Waals surface area contributed by atoms with Crippen molar-refractivity contribution in [2.75, 3.05) is 6.61 Å². The molecule has 1 aliphatic heterocycles. The number of hydrogen-bond donors (Lipinski definition) is 1. The topological polar surface area (TPSA) is 61.0 Å². The molecule has 2 N–H and O–H groups in total. The third-order valence-corrected chi connectivity index (χ3v) is 4.26. The lowest BCUT2D eigenvalue weighted by Crippen LogP contribution is -2.21. The van der Waals surface area contributed by atoms with Gasteiger partial charge in [-0.05, 0) is 25.3 Å². The molecule has 0 fully saturated rings. The van der Waals surface area contributed by atoms with Gasteiger partial charge in [-0.2, -0.15) is 0 Å². The van der Waals surface area contributed by atoms with Crippen LogP contribution in [-0.2, 0) is 6.42 Å². The van der Waals surface area contributed by atoms with Crippen molar-refractivity contribution in [2.24, 2.45) is 5.73 Å². The van der Waals surface area contributed by atoms with Crippen LogP contribution in [-0.4, -0.2) is 16.6 Å². The molecule has 4 rings (SSSR count). The maximum absolute atomic E-state index is 6.12. The predicted molar refractivity (Wildman–Crippen MR) is 75.7 cm³/mol. The highest BCUT2D eigenvalue weighted by Crippen LogP contribution is 2.37. The molecule has 1 aromatic heterocycles. The summed E-state index contributed by atoms with van der Waals surface area (Å²) in [5.41, 5.74) is 9.55. The van der Waals surface area contributed by atoms with Crippen LogP contribution in [0.15, 0.2) is 30.5 Å². The smallest absolute Gasteiger partial charge is 0.139 e. The van der Waals surface area contributed by atoms with Gasteiger partial charge < -0.3 is 10.5 Å². The van der Waals surface area contributed by atoms with Gasteiger partial charge in [0.25, 0.3) is 0 Å². The Morgan fingerprint density at radius 1 is 1.20 bits per heavy atom. The van der Waals surface area contributed by atoms with E-state index >= 15 is 0 Å². The summed E-state index contributed by atoms with van der Waals surface area (Å²) in [4.78, 5) is 9.33. The molecule has 2 unspecified atom stereocenters. The third-order valence-electron chi connectivity index (χ3n) is 4.26. The fraction of sp³-hybridized carbons (Fsp3) is 0.375. The molecule has 0 radical (unpaired) electrons. The number of para-hydroxylation sites is 1. The number of aromatic nitrogens is 2. The molecular weight excluding hydrogens is 250 g/mol. The van der Waals surface area contributed by atoms with Gasteiger partial charge in [-0.1, -0.05) is 18.2 Å². The van der Waals surface area contributed by atoms with Crippen LogP contribution in [0.4, 0.5) is 0 Å². The molecule has 0 amide bonds. The van der Waals surface area contributed by atoms with E-state index in [1.54, 1.807) is 0 Å². The number of nitrogens with two attached hydrogens (primary N) is 1. The molecule has 1 aromatic carbocycles. The minimum atomic E-state index is 0.0971. The largest absolute Gasteiger partial charge is 0.492 e. The number of rotatable bonds is 1. The van der Waals surface area contributed by atoms with Crippen molar-refractivity contribution in [3.05, 3.63) is 53.1 Å². The maximum Gasteiger partial charge on any atom is 0.139 e. The molecule has 1 aliphatic carbocycles. The molecule has 0 spiro atoms. The van der Waals surface area contributed by atoms with Gasteiger partial charge in [0.05, 0.1) is 5.92 Å². The van der Waals surface area contributed by atoms with Crippen molar-refractivity contribution < 1.29 is 4.74 Å². The van der Waals surface area contributed by atoms with Crippen LogP contribution in [0.1, 0.15) is 47.4 Å². The zero-order valence-corrected chi connectivity index (χ0v) is 11.2. The summed E-state index contributed by atoms with van der Waals surface area (Å²) in [5.74, 6) is 1.97. The van der Waals surface area contributed by atoms with E-state index < -0.39 is 0 Å². The van der Waals surface area contributed by atoms with E-state index in [1.165, 1.54) is 5.56 Å². The molecular formula is C16H17N3O. The first-order valence-electron chi connectivity index (χ1n) is 7.16. The SMILES string of the molecule is NC1CCCc2nc(C3COc4ccccc43)ncc21. The van der Waals surface area contributed by atoms with E-state index in [9.17, 15) is 0 Å². The lowest BCUT2D eigenvalue weighted by atomic mass is 9.92. The van der Waals surface area contributed by atoms with Crippen molar-refractivity contribution in [1.82, 2.24) is 9.97 Å². The van der Waals surface area contributed by atoms with E-state index in [-0.39, 0.29) is 12.0 Å². The van der Waals surface area contributed by atoms with Crippen molar-refractivity contribution in [3.8, 4) is 5.75 Å². The highest BCUT2D eigenvalue weighted by Gasteiger charge is 2.29. The van der Waals surface area contributed by atoms with Crippen molar-refractivity contribution >= 4 is 0 Å². The Balaban J connectivity index is 1.74. The number of aryl methyl sites for hydroxylation is 1. The third kappa shape index (κ3) is 1.79. The fourth-order valence-electron chi connectivity index (χ4n) is 3.14. The number of hydrogen-bond acceptors (Lipinski definition) is 4. The Bertz CT molecular complexity index is 656. The van der Waals surface area contributed by atoms with Crippen LogP contribution >= 0.6 is 0 Å². The van der Waals surface area contributed by atoms with Gasteiger partial charge in [-0.25, -0.2) is 9.97 Å². The van der Waals surface area contributed by atoms with Crippen LogP contribution in [0.5, 0.6) is 5.75 Å². The monoisotopic (exact) mass is 267 g/mol. The molecule has 2 aromatic rings. The minimum absolute atomic E-state index is 0.0971. The predicted octanol–water partition coefficient (Wildman–Crippen LogP) is 2.34. The van der Waals surface area contributed by atoms with Gasteiger partial charge in [0.1, 0.15) is 18.2 Å². The molecule has 0 saturated carbocycles. The molecule has 2 atom stereocenters. The second-order valence-corrected chi connectivity index (χ2v) is 5.53. The van der Waals surface area contributed by atoms with E-state index in [0.717, 1.165) is 42.1 Å². The normalized spacial score (nSPS) is 23.9. The molecule has 2 aliphatic rings. The highest BCUT2D eigenvalue weighted by molar-refractivity contribution is 5.43. The van der Waals surface area contributed by atoms with E-state index in [4.69, 9.17) is 15.5 Å². The Hall–Kier alpha value is -1.94. The number of ether oxygens (including phenoxy) is 1. The average molecular weight is 267 g/mol. The summed E-state index contributed by atoms with van der Waals surface area (Å²) >= 11 is 0. The summed E-state index contributed by atoms with van der Waals surface area (Å²) in [6.07, 6.45) is 5.07. The first kappa shape index (κ1) is 11.9. The summed E-state index contributed by atoms with van der Waals surface area (Å²) < 4.78 is 5.73. The molecule has 2 heterocycles. The first-order chi connectivity index (χ1) is 9.83. The summed E-state index contributed by atoms with van der Waals surface area (Å²) in [7, 11) is 0. The molecule has 102 valence electrons. The van der Waals surface area contributed by atoms with Gasteiger partial charge in [0.2, 0.25) is 0 Å². The van der Waals surface area contributed by atoms with Crippen LogP contribution in [0, 0.1) is 0 Å². The fourth-order valence-corrected chi connectivity index (χ4v) is 3.14. The van der Waals surface area contributed by atoms with Gasteiger partial charge >= 0.3 is 0 Å². The number of fused-ring (bicyclic) bond motifs is 2. The number of nitrogens with zero attached hydrogens (tertiary/aromatic N) is 2. The Morgan fingerprint density at radius 3 is 3.05 bits per heavy atom. The van der Waals surface area contributed by atoms with Crippen LogP contribution < -0.4 is 10.5 Å².